The summed E-state index contributed by atoms with van der Waals surface area (Å²) in [5.41, 5.74) is 0. The molecular formula is C9H9ClS2Si. The van der Waals surface area contributed by atoms with Crippen LogP contribution in [0.1, 0.15) is 0 Å². The van der Waals surface area contributed by atoms with Crippen LogP contribution in [0.2, 0.25) is 6.55 Å². The molecular weight excluding hydrogens is 236 g/mol. The van der Waals surface area contributed by atoms with Crippen molar-refractivity contribution in [1.29, 1.82) is 0 Å². The van der Waals surface area contributed by atoms with Crippen LogP contribution in [0, 0.1) is 0 Å². The van der Waals surface area contributed by atoms with Crippen molar-refractivity contribution in [2.75, 3.05) is 0 Å². The summed E-state index contributed by atoms with van der Waals surface area (Å²) in [7, 11) is -1.84. The van der Waals surface area contributed by atoms with Crippen LogP contribution in [0.3, 0.4) is 0 Å². The van der Waals surface area contributed by atoms with Crippen LogP contribution in [0.25, 0.3) is 0 Å². The van der Waals surface area contributed by atoms with Crippen molar-refractivity contribution in [2.45, 2.75) is 6.55 Å². The summed E-state index contributed by atoms with van der Waals surface area (Å²) in [5, 5.41) is 4.19. The fourth-order valence-corrected chi connectivity index (χ4v) is 7.41. The second-order valence-corrected chi connectivity index (χ2v) is 10.9. The Morgan fingerprint density at radius 1 is 1.08 bits per heavy atom. The van der Waals surface area contributed by atoms with Crippen molar-refractivity contribution < 1.29 is 0 Å². The lowest BCUT2D eigenvalue weighted by Crippen LogP contribution is -2.47. The van der Waals surface area contributed by atoms with Crippen molar-refractivity contribution in [3.05, 3.63) is 35.0 Å². The van der Waals surface area contributed by atoms with Crippen LogP contribution < -0.4 is 9.00 Å². The van der Waals surface area contributed by atoms with Crippen molar-refractivity contribution in [3.8, 4) is 0 Å². The first-order valence-corrected chi connectivity index (χ1v) is 9.25. The van der Waals surface area contributed by atoms with Crippen molar-refractivity contribution in [3.63, 3.8) is 0 Å². The fourth-order valence-electron chi connectivity index (χ4n) is 1.21. The van der Waals surface area contributed by atoms with E-state index in [1.165, 1.54) is 9.00 Å². The number of rotatable bonds is 2. The standard InChI is InChI=1S/C9H9ClS2Si/c1-13(10,8-4-2-6-11-8)9-5-3-7-12-9/h2-7H,1H3. The molecule has 0 bridgehead atoms. The molecule has 2 heterocycles. The maximum Gasteiger partial charge on any atom is 0.234 e. The Morgan fingerprint density at radius 3 is 1.85 bits per heavy atom. The molecule has 13 heavy (non-hydrogen) atoms. The number of thiophene rings is 2. The Kier molecular flexibility index (Phi) is 2.60. The first-order valence-electron chi connectivity index (χ1n) is 3.98. The van der Waals surface area contributed by atoms with E-state index in [9.17, 15) is 0 Å². The molecule has 0 aromatic carbocycles. The molecule has 0 unspecified atom stereocenters. The maximum absolute atomic E-state index is 6.63. The van der Waals surface area contributed by atoms with Crippen LogP contribution >= 0.6 is 33.8 Å². The zero-order valence-corrected chi connectivity index (χ0v) is 10.5. The number of hydrogen-bond donors (Lipinski definition) is 0. The third-order valence-corrected chi connectivity index (χ3v) is 10.6. The first-order chi connectivity index (χ1) is 6.21. The summed E-state index contributed by atoms with van der Waals surface area (Å²) in [4.78, 5) is 0. The van der Waals surface area contributed by atoms with Crippen LogP contribution in [0.5, 0.6) is 0 Å². The summed E-state index contributed by atoms with van der Waals surface area (Å²) in [6.07, 6.45) is 0. The van der Waals surface area contributed by atoms with Crippen LogP contribution in [-0.2, 0) is 0 Å². The third-order valence-electron chi connectivity index (χ3n) is 1.97. The van der Waals surface area contributed by atoms with E-state index in [2.05, 4.69) is 41.6 Å². The number of halogens is 1. The van der Waals surface area contributed by atoms with Gasteiger partial charge in [0.15, 0.2) is 0 Å². The van der Waals surface area contributed by atoms with Gasteiger partial charge in [-0.1, -0.05) is 24.3 Å². The molecule has 0 aliphatic carbocycles. The molecule has 0 saturated heterocycles. The third kappa shape index (κ3) is 1.74. The largest absolute Gasteiger partial charge is 0.234 e. The quantitative estimate of drug-likeness (QED) is 0.563. The van der Waals surface area contributed by atoms with E-state index in [0.29, 0.717) is 0 Å². The van der Waals surface area contributed by atoms with Gasteiger partial charge < -0.3 is 0 Å². The van der Waals surface area contributed by atoms with Crippen LogP contribution in [-0.4, -0.2) is 7.38 Å². The minimum atomic E-state index is -1.84. The molecule has 4 heteroatoms. The molecule has 0 aliphatic heterocycles. The van der Waals surface area contributed by atoms with Gasteiger partial charge in [-0.2, -0.15) is 33.8 Å². The molecule has 0 nitrogen and oxygen atoms in total. The summed E-state index contributed by atoms with van der Waals surface area (Å²) >= 11 is 10.2. The van der Waals surface area contributed by atoms with Crippen molar-refractivity contribution >= 4 is 50.1 Å². The predicted octanol–water partition coefficient (Wildman–Crippen LogP) is 2.74. The molecule has 0 spiro atoms. The molecule has 0 radical (unpaired) electrons. The van der Waals surface area contributed by atoms with Gasteiger partial charge in [-0.15, -0.1) is 0 Å². The molecule has 0 aliphatic rings. The van der Waals surface area contributed by atoms with Gasteiger partial charge in [0.25, 0.3) is 0 Å². The Labute approximate surface area is 91.5 Å². The van der Waals surface area contributed by atoms with E-state index in [1.807, 2.05) is 0 Å². The Hall–Kier alpha value is -0.0931. The average molecular weight is 245 g/mol. The zero-order valence-electron chi connectivity index (χ0n) is 7.16. The normalized spacial score (nSPS) is 11.8. The van der Waals surface area contributed by atoms with Crippen molar-refractivity contribution in [2.24, 2.45) is 0 Å². The predicted molar refractivity (Wildman–Crippen MR) is 65.4 cm³/mol. The topological polar surface area (TPSA) is 0 Å². The molecule has 2 aromatic rings. The summed E-state index contributed by atoms with van der Waals surface area (Å²) < 4.78 is 2.69. The van der Waals surface area contributed by atoms with Gasteiger partial charge in [0.05, 0.1) is 0 Å². The second-order valence-electron chi connectivity index (χ2n) is 2.96. The van der Waals surface area contributed by atoms with Gasteiger partial charge in [0.2, 0.25) is 7.38 Å². The first kappa shape index (κ1) is 9.46. The zero-order chi connectivity index (χ0) is 9.31. The molecule has 0 atom stereocenters. The SMILES string of the molecule is C[Si](Cl)(c1cccs1)c1cccs1. The lowest BCUT2D eigenvalue weighted by atomic mass is 10.7. The van der Waals surface area contributed by atoms with E-state index < -0.39 is 7.38 Å². The van der Waals surface area contributed by atoms with Crippen LogP contribution in [0.15, 0.2) is 35.0 Å². The van der Waals surface area contributed by atoms with E-state index in [-0.39, 0.29) is 0 Å². The Balaban J connectivity index is 2.42. The summed E-state index contributed by atoms with van der Waals surface area (Å²) in [6.45, 7) is 2.19. The maximum atomic E-state index is 6.63. The molecule has 0 fully saturated rings. The minimum Gasteiger partial charge on any atom is -0.153 e. The Morgan fingerprint density at radius 2 is 1.54 bits per heavy atom. The van der Waals surface area contributed by atoms with Crippen LogP contribution in [0.4, 0.5) is 0 Å². The highest BCUT2D eigenvalue weighted by Gasteiger charge is 2.31. The highest BCUT2D eigenvalue weighted by atomic mass is 35.6. The van der Waals surface area contributed by atoms with Gasteiger partial charge in [-0.3, -0.25) is 0 Å². The van der Waals surface area contributed by atoms with E-state index >= 15 is 0 Å². The summed E-state index contributed by atoms with van der Waals surface area (Å²) in [6, 6.07) is 8.43. The Bertz CT molecular complexity index is 328. The van der Waals surface area contributed by atoms with Gasteiger partial charge in [0, 0.05) is 9.00 Å². The molecule has 68 valence electrons. The molecule has 0 saturated carbocycles. The lowest BCUT2D eigenvalue weighted by molar-refractivity contribution is 1.98. The second kappa shape index (κ2) is 3.57. The highest BCUT2D eigenvalue weighted by Crippen LogP contribution is 2.15. The lowest BCUT2D eigenvalue weighted by Gasteiger charge is -2.15. The molecule has 0 amide bonds. The molecule has 2 rings (SSSR count). The fraction of sp³-hybridized carbons (Fsp3) is 0.111. The smallest absolute Gasteiger partial charge is 0.153 e. The highest BCUT2D eigenvalue weighted by molar-refractivity contribution is 7.49. The minimum absolute atomic E-state index is 1.34. The van der Waals surface area contributed by atoms with E-state index in [4.69, 9.17) is 11.1 Å². The monoisotopic (exact) mass is 244 g/mol. The molecule has 2 aromatic heterocycles. The average Bonchev–Trinajstić information content (AvgIpc) is 2.78. The number of hydrogen-bond acceptors (Lipinski definition) is 2. The summed E-state index contributed by atoms with van der Waals surface area (Å²) in [5.74, 6) is 0. The van der Waals surface area contributed by atoms with E-state index in [0.717, 1.165) is 0 Å². The van der Waals surface area contributed by atoms with Gasteiger partial charge >= 0.3 is 0 Å². The van der Waals surface area contributed by atoms with Gasteiger partial charge in [-0.05, 0) is 17.3 Å². The van der Waals surface area contributed by atoms with Crippen molar-refractivity contribution in [1.82, 2.24) is 0 Å². The molecule has 0 N–H and O–H groups in total. The van der Waals surface area contributed by atoms with Gasteiger partial charge in [0.1, 0.15) is 0 Å². The van der Waals surface area contributed by atoms with E-state index in [1.54, 1.807) is 22.7 Å². The van der Waals surface area contributed by atoms with Gasteiger partial charge in [-0.25, -0.2) is 0 Å².